The largest absolute Gasteiger partial charge is 0.459 e. The zero-order valence-corrected chi connectivity index (χ0v) is 10.5. The second kappa shape index (κ2) is 6.10. The smallest absolute Gasteiger partial charge is 0.134 e. The second-order valence-electron chi connectivity index (χ2n) is 3.95. The number of rotatable bonds is 6. The van der Waals surface area contributed by atoms with Crippen LogP contribution in [0.15, 0.2) is 34.7 Å². The van der Waals surface area contributed by atoms with Crippen LogP contribution < -0.4 is 5.73 Å². The molecule has 1 aromatic carbocycles. The Bertz CT molecular complexity index is 436. The molecular formula is C13H17NO2S. The molecule has 92 valence electrons. The van der Waals surface area contributed by atoms with Gasteiger partial charge in [0, 0.05) is 17.7 Å². The van der Waals surface area contributed by atoms with Gasteiger partial charge in [0.25, 0.3) is 0 Å². The quantitative estimate of drug-likeness (QED) is 0.775. The fraction of sp³-hybridized carbons (Fsp3) is 0.385. The van der Waals surface area contributed by atoms with Crippen molar-refractivity contribution in [3.8, 4) is 0 Å². The number of aliphatic hydroxyl groups excluding tert-OH is 1. The van der Waals surface area contributed by atoms with E-state index < -0.39 is 0 Å². The third-order valence-electron chi connectivity index (χ3n) is 2.55. The first-order chi connectivity index (χ1) is 8.31. The van der Waals surface area contributed by atoms with Gasteiger partial charge in [0.1, 0.15) is 11.3 Å². The maximum Gasteiger partial charge on any atom is 0.134 e. The number of thioether (sulfide) groups is 1. The minimum absolute atomic E-state index is 0.0777. The molecule has 2 aromatic rings. The van der Waals surface area contributed by atoms with Gasteiger partial charge in [-0.1, -0.05) is 18.2 Å². The van der Waals surface area contributed by atoms with Crippen LogP contribution in [0, 0.1) is 0 Å². The summed E-state index contributed by atoms with van der Waals surface area (Å²) >= 11 is 1.75. The lowest BCUT2D eigenvalue weighted by atomic mass is 10.2. The lowest BCUT2D eigenvalue weighted by Gasteiger charge is -2.07. The predicted molar refractivity (Wildman–Crippen MR) is 72.2 cm³/mol. The average molecular weight is 251 g/mol. The van der Waals surface area contributed by atoms with Crippen LogP contribution in [-0.2, 0) is 0 Å². The maximum atomic E-state index is 8.68. The first kappa shape index (κ1) is 12.5. The molecular weight excluding hydrogens is 234 g/mol. The summed E-state index contributed by atoms with van der Waals surface area (Å²) in [6.45, 7) is 0.243. The molecule has 1 atom stereocenters. The summed E-state index contributed by atoms with van der Waals surface area (Å²) in [4.78, 5) is 0. The van der Waals surface area contributed by atoms with Crippen molar-refractivity contribution < 1.29 is 9.52 Å². The number of aliphatic hydroxyl groups is 1. The van der Waals surface area contributed by atoms with E-state index in [4.69, 9.17) is 15.3 Å². The maximum absolute atomic E-state index is 8.68. The standard InChI is InChI=1S/C13H17NO2S/c14-11(9-17-7-3-6-15)13-8-10-4-1-2-5-12(10)16-13/h1-2,4-5,8,11,15H,3,6-7,9,14H2. The molecule has 2 rings (SSSR count). The van der Waals surface area contributed by atoms with Crippen LogP contribution in [-0.4, -0.2) is 23.2 Å². The van der Waals surface area contributed by atoms with E-state index in [9.17, 15) is 0 Å². The van der Waals surface area contributed by atoms with Gasteiger partial charge >= 0.3 is 0 Å². The SMILES string of the molecule is NC(CSCCCO)c1cc2ccccc2o1. The lowest BCUT2D eigenvalue weighted by molar-refractivity contribution is 0.296. The lowest BCUT2D eigenvalue weighted by Crippen LogP contribution is -2.12. The molecule has 1 heterocycles. The topological polar surface area (TPSA) is 59.4 Å². The van der Waals surface area contributed by atoms with E-state index in [1.54, 1.807) is 11.8 Å². The van der Waals surface area contributed by atoms with Crippen molar-refractivity contribution in [1.82, 2.24) is 0 Å². The molecule has 1 aromatic heterocycles. The molecule has 0 saturated heterocycles. The Kier molecular flexibility index (Phi) is 4.48. The molecule has 4 heteroatoms. The highest BCUT2D eigenvalue weighted by Crippen LogP contribution is 2.24. The Labute approximate surface area is 105 Å². The monoisotopic (exact) mass is 251 g/mol. The number of benzene rings is 1. The number of nitrogens with two attached hydrogens (primary N) is 1. The summed E-state index contributed by atoms with van der Waals surface area (Å²) in [6, 6.07) is 9.84. The third-order valence-corrected chi connectivity index (χ3v) is 3.73. The van der Waals surface area contributed by atoms with Crippen molar-refractivity contribution in [2.45, 2.75) is 12.5 Å². The summed E-state index contributed by atoms with van der Waals surface area (Å²) in [6.07, 6.45) is 0.817. The number of para-hydroxylation sites is 1. The minimum atomic E-state index is -0.0777. The number of hydrogen-bond donors (Lipinski definition) is 2. The number of fused-ring (bicyclic) bond motifs is 1. The zero-order valence-electron chi connectivity index (χ0n) is 9.63. The molecule has 0 aliphatic heterocycles. The fourth-order valence-corrected chi connectivity index (χ4v) is 2.56. The molecule has 1 unspecified atom stereocenters. The Morgan fingerprint density at radius 3 is 2.94 bits per heavy atom. The van der Waals surface area contributed by atoms with Gasteiger partial charge < -0.3 is 15.3 Å². The van der Waals surface area contributed by atoms with E-state index in [0.29, 0.717) is 0 Å². The molecule has 0 saturated carbocycles. The van der Waals surface area contributed by atoms with Crippen LogP contribution in [0.5, 0.6) is 0 Å². The van der Waals surface area contributed by atoms with Gasteiger partial charge in [-0.15, -0.1) is 0 Å². The third kappa shape index (κ3) is 3.25. The summed E-state index contributed by atoms with van der Waals surface area (Å²) in [5.41, 5.74) is 6.95. The Hall–Kier alpha value is -0.970. The second-order valence-corrected chi connectivity index (χ2v) is 5.09. The van der Waals surface area contributed by atoms with E-state index in [1.165, 1.54) is 0 Å². The van der Waals surface area contributed by atoms with E-state index >= 15 is 0 Å². The molecule has 0 fully saturated rings. The first-order valence-electron chi connectivity index (χ1n) is 5.74. The molecule has 0 amide bonds. The summed E-state index contributed by atoms with van der Waals surface area (Å²) in [5.74, 6) is 2.59. The van der Waals surface area contributed by atoms with Crippen LogP contribution in [0.2, 0.25) is 0 Å². The summed E-state index contributed by atoms with van der Waals surface area (Å²) in [5, 5.41) is 9.78. The van der Waals surface area contributed by atoms with Gasteiger partial charge in [0.15, 0.2) is 0 Å². The summed E-state index contributed by atoms with van der Waals surface area (Å²) in [7, 11) is 0. The van der Waals surface area contributed by atoms with Crippen LogP contribution in [0.4, 0.5) is 0 Å². The normalized spacial score (nSPS) is 13.1. The minimum Gasteiger partial charge on any atom is -0.459 e. The first-order valence-corrected chi connectivity index (χ1v) is 6.89. The number of furan rings is 1. The van der Waals surface area contributed by atoms with Gasteiger partial charge in [-0.2, -0.15) is 11.8 Å². The molecule has 0 radical (unpaired) electrons. The van der Waals surface area contributed by atoms with Gasteiger partial charge in [-0.25, -0.2) is 0 Å². The van der Waals surface area contributed by atoms with Crippen molar-refractivity contribution >= 4 is 22.7 Å². The van der Waals surface area contributed by atoms with Crippen LogP contribution in [0.3, 0.4) is 0 Å². The Morgan fingerprint density at radius 1 is 1.35 bits per heavy atom. The average Bonchev–Trinajstić information content (AvgIpc) is 2.78. The van der Waals surface area contributed by atoms with Crippen molar-refractivity contribution in [2.75, 3.05) is 18.1 Å². The fourth-order valence-electron chi connectivity index (χ4n) is 1.64. The number of hydrogen-bond acceptors (Lipinski definition) is 4. The Balaban J connectivity index is 1.96. The van der Waals surface area contributed by atoms with E-state index in [-0.39, 0.29) is 12.6 Å². The van der Waals surface area contributed by atoms with Crippen molar-refractivity contribution in [2.24, 2.45) is 5.73 Å². The van der Waals surface area contributed by atoms with E-state index in [1.807, 2.05) is 30.3 Å². The molecule has 3 nitrogen and oxygen atoms in total. The van der Waals surface area contributed by atoms with E-state index in [0.717, 1.165) is 34.7 Å². The van der Waals surface area contributed by atoms with Gasteiger partial charge in [0.2, 0.25) is 0 Å². The van der Waals surface area contributed by atoms with Crippen molar-refractivity contribution in [1.29, 1.82) is 0 Å². The van der Waals surface area contributed by atoms with Gasteiger partial charge in [0.05, 0.1) is 6.04 Å². The summed E-state index contributed by atoms with van der Waals surface area (Å²) < 4.78 is 5.70. The molecule has 0 bridgehead atoms. The van der Waals surface area contributed by atoms with Crippen LogP contribution in [0.25, 0.3) is 11.0 Å². The van der Waals surface area contributed by atoms with Crippen molar-refractivity contribution in [3.05, 3.63) is 36.1 Å². The van der Waals surface area contributed by atoms with Crippen LogP contribution in [0.1, 0.15) is 18.2 Å². The predicted octanol–water partition coefficient (Wildman–Crippen LogP) is 2.55. The molecule has 0 aliphatic carbocycles. The molecule has 0 aliphatic rings. The van der Waals surface area contributed by atoms with Gasteiger partial charge in [-0.3, -0.25) is 0 Å². The Morgan fingerprint density at radius 2 is 2.18 bits per heavy atom. The van der Waals surface area contributed by atoms with Gasteiger partial charge in [-0.05, 0) is 24.3 Å². The highest BCUT2D eigenvalue weighted by atomic mass is 32.2. The molecule has 17 heavy (non-hydrogen) atoms. The molecule has 3 N–H and O–H groups in total. The van der Waals surface area contributed by atoms with E-state index in [2.05, 4.69) is 0 Å². The highest BCUT2D eigenvalue weighted by molar-refractivity contribution is 7.99. The highest BCUT2D eigenvalue weighted by Gasteiger charge is 2.11. The zero-order chi connectivity index (χ0) is 12.1. The van der Waals surface area contributed by atoms with Crippen molar-refractivity contribution in [3.63, 3.8) is 0 Å². The van der Waals surface area contributed by atoms with Crippen LogP contribution >= 0.6 is 11.8 Å². The molecule has 0 spiro atoms.